The molecule has 4 aliphatic carbocycles. The molecule has 6 aliphatic rings. The van der Waals surface area contributed by atoms with Gasteiger partial charge >= 0.3 is 5.97 Å². The van der Waals surface area contributed by atoms with Gasteiger partial charge in [0, 0.05) is 75.1 Å². The first-order valence-corrected chi connectivity index (χ1v) is 21.4. The van der Waals surface area contributed by atoms with E-state index in [0.29, 0.717) is 35.9 Å². The fourth-order valence-corrected chi connectivity index (χ4v) is 12.7. The van der Waals surface area contributed by atoms with E-state index in [2.05, 4.69) is 34.4 Å². The van der Waals surface area contributed by atoms with Gasteiger partial charge in [-0.05, 0) is 117 Å². The second-order valence-electron chi connectivity index (χ2n) is 18.3. The van der Waals surface area contributed by atoms with Gasteiger partial charge < -0.3 is 36.8 Å². The Morgan fingerprint density at radius 1 is 1.04 bits per heavy atom. The predicted octanol–water partition coefficient (Wildman–Crippen LogP) is 6.98. The number of ether oxygens (including phenoxy) is 1. The number of carbonyl (C=O) groups is 1. The number of aliphatic imine (C=N–C) groups is 1. The van der Waals surface area contributed by atoms with E-state index in [-0.39, 0.29) is 27.5 Å². The molecule has 3 aromatic rings. The van der Waals surface area contributed by atoms with Gasteiger partial charge in [-0.25, -0.2) is 14.8 Å². The van der Waals surface area contributed by atoms with E-state index >= 15 is 0 Å². The van der Waals surface area contributed by atoms with Gasteiger partial charge in [0.1, 0.15) is 11.6 Å². The number of rotatable bonds is 13. The van der Waals surface area contributed by atoms with Crippen LogP contribution >= 0.6 is 11.3 Å². The van der Waals surface area contributed by atoms with E-state index in [1.807, 2.05) is 61.3 Å². The van der Waals surface area contributed by atoms with Crippen LogP contribution < -0.4 is 27.0 Å². The molecule has 13 heteroatoms. The zero-order chi connectivity index (χ0) is 40.0. The summed E-state index contributed by atoms with van der Waals surface area (Å²) < 4.78 is 8.07. The van der Waals surface area contributed by atoms with Crippen LogP contribution in [0.15, 0.2) is 70.8 Å². The highest BCUT2D eigenvalue weighted by Crippen LogP contribution is 2.71. The molecule has 5 fully saturated rings. The molecule has 1 saturated heterocycles. The molecule has 0 amide bonds. The zero-order valence-corrected chi connectivity index (χ0v) is 34.8. The Kier molecular flexibility index (Phi) is 10.7. The third kappa shape index (κ3) is 8.21. The van der Waals surface area contributed by atoms with Crippen LogP contribution in [0.3, 0.4) is 0 Å². The number of piperazine rings is 1. The topological polar surface area (TPSA) is 167 Å². The molecule has 304 valence electrons. The monoisotopic (exact) mass is 793 g/mol. The van der Waals surface area contributed by atoms with Gasteiger partial charge in [-0.15, -0.1) is 0 Å². The Labute approximate surface area is 340 Å². The highest BCUT2D eigenvalue weighted by Gasteiger charge is 2.66. The van der Waals surface area contributed by atoms with Gasteiger partial charge in [-0.2, -0.15) is 0 Å². The molecule has 2 atom stereocenters. The summed E-state index contributed by atoms with van der Waals surface area (Å²) in [6.07, 6.45) is 12.0. The Bertz CT molecular complexity index is 2100. The maximum absolute atomic E-state index is 12.8. The van der Waals surface area contributed by atoms with Crippen LogP contribution in [0.25, 0.3) is 15.8 Å². The number of aromatic carboxylic acids is 1. The molecule has 0 spiro atoms. The van der Waals surface area contributed by atoms with Crippen molar-refractivity contribution in [2.45, 2.75) is 84.7 Å². The van der Waals surface area contributed by atoms with Crippen molar-refractivity contribution in [3.05, 3.63) is 77.0 Å². The molecule has 7 N–H and O–H groups in total. The number of hydrogen-bond acceptors (Lipinski definition) is 12. The van der Waals surface area contributed by atoms with E-state index in [4.69, 9.17) is 26.2 Å². The van der Waals surface area contributed by atoms with E-state index in [0.717, 1.165) is 116 Å². The first-order chi connectivity index (χ1) is 27.3. The van der Waals surface area contributed by atoms with Gasteiger partial charge in [0.2, 0.25) is 0 Å². The van der Waals surface area contributed by atoms with Crippen molar-refractivity contribution in [3.8, 4) is 0 Å². The third-order valence-electron chi connectivity index (χ3n) is 13.1. The molecule has 4 saturated carbocycles. The van der Waals surface area contributed by atoms with Gasteiger partial charge in [-0.1, -0.05) is 37.3 Å². The number of nitrogens with zero attached hydrogens (tertiary/aromatic N) is 5. The van der Waals surface area contributed by atoms with Gasteiger partial charge in [0.25, 0.3) is 0 Å². The second-order valence-corrected chi connectivity index (χ2v) is 19.3. The van der Waals surface area contributed by atoms with Crippen molar-refractivity contribution in [2.75, 3.05) is 62.6 Å². The van der Waals surface area contributed by atoms with Crippen molar-refractivity contribution in [1.82, 2.24) is 20.2 Å². The second kappa shape index (κ2) is 15.5. The minimum atomic E-state index is -1.11. The summed E-state index contributed by atoms with van der Waals surface area (Å²) in [4.78, 5) is 32.0. The number of nitrogens with two attached hydrogens (primary N) is 2. The van der Waals surface area contributed by atoms with E-state index in [9.17, 15) is 9.90 Å². The third-order valence-corrected chi connectivity index (χ3v) is 14.1. The highest BCUT2D eigenvalue weighted by atomic mass is 32.1. The van der Waals surface area contributed by atoms with Crippen molar-refractivity contribution in [1.29, 1.82) is 0 Å². The van der Waals surface area contributed by atoms with Crippen LogP contribution in [0.2, 0.25) is 0 Å². The lowest BCUT2D eigenvalue weighted by molar-refractivity contribution is -0.242. The number of allylic oxidation sites excluding steroid dienone is 3. The predicted molar refractivity (Wildman–Crippen MR) is 230 cm³/mol. The SMILES string of the molecule is CC(=NCC12CC3(C)CC(C)(C1)CC(OCCN1CCNCC1)(C3)C2)C(=CN)c1ccc(N2C=C(/C(C)=C(\N)Nc3nc4ccccc4s3)CCC2)nc1C(=O)O. The van der Waals surface area contributed by atoms with Gasteiger partial charge in [0.15, 0.2) is 10.8 Å². The number of fused-ring (bicyclic) bond motifs is 1. The summed E-state index contributed by atoms with van der Waals surface area (Å²) in [7, 11) is 0. The smallest absolute Gasteiger partial charge is 0.355 e. The summed E-state index contributed by atoms with van der Waals surface area (Å²) in [5, 5.41) is 18.0. The standard InChI is InChI=1S/C44H59N9O3S/c1-29(38(46)51-40-49-34-9-5-6-10-35(34)57-40)31-8-7-15-53(21-31)36-12-11-32(37(50-36)39(54)55)33(20-45)30(2)48-28-43-23-41(3)22-42(4,24-43)26-44(25-41,27-43)56-19-18-52-16-13-47-14-17-52/h5-6,9-12,20-21,47H,7-8,13-19,22-28,45-46H2,1-4H3,(H,49,51)(H,54,55)/b33-20?,38-29+,48-30?. The van der Waals surface area contributed by atoms with E-state index in [1.165, 1.54) is 12.6 Å². The van der Waals surface area contributed by atoms with Crippen LogP contribution in [0, 0.1) is 16.2 Å². The van der Waals surface area contributed by atoms with E-state index < -0.39 is 5.97 Å². The molecular weight excluding hydrogens is 735 g/mol. The molecule has 57 heavy (non-hydrogen) atoms. The largest absolute Gasteiger partial charge is 0.476 e. The summed E-state index contributed by atoms with van der Waals surface area (Å²) in [5.41, 5.74) is 17.9. The lowest BCUT2D eigenvalue weighted by atomic mass is 9.39. The Hall–Kier alpha value is -4.30. The minimum absolute atomic E-state index is 0.0319. The van der Waals surface area contributed by atoms with Crippen LogP contribution in [0.5, 0.6) is 0 Å². The molecule has 0 radical (unpaired) electrons. The number of benzene rings is 1. The lowest BCUT2D eigenvalue weighted by Gasteiger charge is -2.69. The summed E-state index contributed by atoms with van der Waals surface area (Å²) in [5.74, 6) is -0.0148. The Morgan fingerprint density at radius 3 is 2.51 bits per heavy atom. The maximum atomic E-state index is 12.8. The average Bonchev–Trinajstić information content (AvgIpc) is 3.58. The molecule has 1 aromatic carbocycles. The lowest BCUT2D eigenvalue weighted by Crippen LogP contribution is -2.64. The number of hydrogen-bond donors (Lipinski definition) is 5. The molecule has 2 unspecified atom stereocenters. The van der Waals surface area contributed by atoms with Gasteiger partial charge in [0.05, 0.1) is 22.4 Å². The average molecular weight is 794 g/mol. The molecule has 2 aromatic heterocycles. The molecule has 12 nitrogen and oxygen atoms in total. The molecule has 4 heterocycles. The van der Waals surface area contributed by atoms with Crippen molar-refractivity contribution in [3.63, 3.8) is 0 Å². The van der Waals surface area contributed by atoms with E-state index in [1.54, 1.807) is 11.3 Å². The molecule has 4 bridgehead atoms. The number of carboxylic acids is 1. The van der Waals surface area contributed by atoms with Crippen molar-refractivity contribution < 1.29 is 14.6 Å². The zero-order valence-electron chi connectivity index (χ0n) is 34.0. The fourth-order valence-electron chi connectivity index (χ4n) is 11.8. The number of para-hydroxylation sites is 1. The summed E-state index contributed by atoms with van der Waals surface area (Å²) in [6, 6.07) is 11.7. The summed E-state index contributed by atoms with van der Waals surface area (Å²) >= 11 is 1.56. The maximum Gasteiger partial charge on any atom is 0.355 e. The first kappa shape index (κ1) is 39.5. The normalized spacial score (nSPS) is 29.8. The Morgan fingerprint density at radius 2 is 1.79 bits per heavy atom. The quantitative estimate of drug-likeness (QED) is 0.113. The van der Waals surface area contributed by atoms with Crippen LogP contribution in [-0.4, -0.2) is 89.7 Å². The van der Waals surface area contributed by atoms with Crippen LogP contribution in [-0.2, 0) is 4.74 Å². The van der Waals surface area contributed by atoms with Crippen LogP contribution in [0.1, 0.15) is 95.1 Å². The number of pyridine rings is 1. The minimum Gasteiger partial charge on any atom is -0.476 e. The summed E-state index contributed by atoms with van der Waals surface area (Å²) in [6.45, 7) is 16.3. The Balaban J connectivity index is 0.991. The van der Waals surface area contributed by atoms with Crippen molar-refractivity contribution in [2.24, 2.45) is 32.7 Å². The molecular formula is C44H59N9O3S. The number of aromatic nitrogens is 2. The van der Waals surface area contributed by atoms with Crippen molar-refractivity contribution >= 4 is 49.8 Å². The number of nitrogens with one attached hydrogen (secondary N) is 2. The molecule has 2 aliphatic heterocycles. The number of carboxylic acid groups (broad SMARTS) is 1. The number of anilines is 2. The van der Waals surface area contributed by atoms with Crippen LogP contribution in [0.4, 0.5) is 10.9 Å². The molecule has 9 rings (SSSR count). The highest BCUT2D eigenvalue weighted by molar-refractivity contribution is 7.22. The number of thiazole rings is 1. The first-order valence-electron chi connectivity index (χ1n) is 20.6. The fraction of sp³-hybridized carbons (Fsp3) is 0.545. The van der Waals surface area contributed by atoms with Gasteiger partial charge in [-0.3, -0.25) is 9.89 Å².